The van der Waals surface area contributed by atoms with Crippen LogP contribution < -0.4 is 5.32 Å². The Morgan fingerprint density at radius 1 is 1.15 bits per heavy atom. The molecular weight excluding hydrogens is 250 g/mol. The van der Waals surface area contributed by atoms with Crippen molar-refractivity contribution in [3.63, 3.8) is 0 Å². The number of hydrogen-bond donors (Lipinski definition) is 1. The average Bonchev–Trinajstić information content (AvgIpc) is 2.50. The van der Waals surface area contributed by atoms with Gasteiger partial charge in [-0.05, 0) is 38.6 Å². The van der Waals surface area contributed by atoms with Crippen molar-refractivity contribution in [3.05, 3.63) is 0 Å². The number of rotatable bonds is 5. The van der Waals surface area contributed by atoms with Crippen LogP contribution in [0.25, 0.3) is 0 Å². The highest BCUT2D eigenvalue weighted by atomic mass is 16.1. The first-order chi connectivity index (χ1) is 9.79. The molecule has 1 saturated heterocycles. The van der Waals surface area contributed by atoms with Gasteiger partial charge in [-0.25, -0.2) is 0 Å². The summed E-state index contributed by atoms with van der Waals surface area (Å²) >= 11 is 0. The summed E-state index contributed by atoms with van der Waals surface area (Å²) < 4.78 is 0. The summed E-state index contributed by atoms with van der Waals surface area (Å²) in [5.41, 5.74) is 0. The molecule has 1 heterocycles. The lowest BCUT2D eigenvalue weighted by Crippen LogP contribution is -2.46. The van der Waals surface area contributed by atoms with Crippen molar-refractivity contribution in [3.8, 4) is 6.07 Å². The van der Waals surface area contributed by atoms with Gasteiger partial charge in [0, 0.05) is 31.5 Å². The van der Waals surface area contributed by atoms with Gasteiger partial charge in [0.15, 0.2) is 0 Å². The van der Waals surface area contributed by atoms with Crippen LogP contribution in [-0.2, 0) is 4.79 Å². The SMILES string of the molecule is N#CCCCN1CCC(NC(=O)C2CCCCC2)CC1. The molecule has 1 amide bonds. The second kappa shape index (κ2) is 8.26. The molecule has 1 aliphatic carbocycles. The van der Waals surface area contributed by atoms with Crippen LogP contribution in [0.5, 0.6) is 0 Å². The van der Waals surface area contributed by atoms with Gasteiger partial charge < -0.3 is 10.2 Å². The molecule has 0 aromatic rings. The predicted molar refractivity (Wildman–Crippen MR) is 79.0 cm³/mol. The fourth-order valence-corrected chi connectivity index (χ4v) is 3.37. The lowest BCUT2D eigenvalue weighted by Gasteiger charge is -2.33. The minimum atomic E-state index is 0.275. The van der Waals surface area contributed by atoms with Crippen molar-refractivity contribution >= 4 is 5.91 Å². The number of likely N-dealkylation sites (tertiary alicyclic amines) is 1. The van der Waals surface area contributed by atoms with E-state index in [0.717, 1.165) is 51.7 Å². The van der Waals surface area contributed by atoms with Crippen LogP contribution in [0.3, 0.4) is 0 Å². The fraction of sp³-hybridized carbons (Fsp3) is 0.875. The Labute approximate surface area is 122 Å². The topological polar surface area (TPSA) is 56.1 Å². The molecule has 4 nitrogen and oxygen atoms in total. The predicted octanol–water partition coefficient (Wildman–Crippen LogP) is 2.45. The lowest BCUT2D eigenvalue weighted by molar-refractivity contribution is -0.127. The number of amides is 1. The van der Waals surface area contributed by atoms with Gasteiger partial charge in [-0.3, -0.25) is 4.79 Å². The summed E-state index contributed by atoms with van der Waals surface area (Å²) in [6.07, 6.45) is 9.64. The first-order valence-corrected chi connectivity index (χ1v) is 8.19. The van der Waals surface area contributed by atoms with Gasteiger partial charge in [-0.2, -0.15) is 5.26 Å². The molecule has 1 aliphatic heterocycles. The first kappa shape index (κ1) is 15.3. The Hall–Kier alpha value is -1.08. The molecule has 0 atom stereocenters. The molecule has 0 bridgehead atoms. The number of nitrogens with one attached hydrogen (secondary N) is 1. The van der Waals surface area contributed by atoms with E-state index in [1.54, 1.807) is 0 Å². The van der Waals surface area contributed by atoms with Crippen LogP contribution in [0.15, 0.2) is 0 Å². The second-order valence-electron chi connectivity index (χ2n) is 6.22. The number of carbonyl (C=O) groups excluding carboxylic acids is 1. The maximum atomic E-state index is 12.2. The molecular formula is C16H27N3O. The van der Waals surface area contributed by atoms with Gasteiger partial charge >= 0.3 is 0 Å². The van der Waals surface area contributed by atoms with E-state index in [-0.39, 0.29) is 5.92 Å². The summed E-state index contributed by atoms with van der Waals surface area (Å²) in [5, 5.41) is 11.8. The molecule has 4 heteroatoms. The smallest absolute Gasteiger partial charge is 0.223 e. The van der Waals surface area contributed by atoms with Gasteiger partial charge in [0.2, 0.25) is 5.91 Å². The number of carbonyl (C=O) groups is 1. The van der Waals surface area contributed by atoms with Gasteiger partial charge in [-0.15, -0.1) is 0 Å². The van der Waals surface area contributed by atoms with Gasteiger partial charge in [0.1, 0.15) is 0 Å². The standard InChI is InChI=1S/C16H27N3O/c17-10-4-5-11-19-12-8-15(9-13-19)18-16(20)14-6-2-1-3-7-14/h14-15H,1-9,11-13H2,(H,18,20). The Morgan fingerprint density at radius 2 is 1.85 bits per heavy atom. The zero-order chi connectivity index (χ0) is 14.2. The third-order valence-corrected chi connectivity index (χ3v) is 4.67. The van der Waals surface area contributed by atoms with E-state index in [2.05, 4.69) is 16.3 Å². The molecule has 1 N–H and O–H groups in total. The van der Waals surface area contributed by atoms with Crippen LogP contribution in [0.2, 0.25) is 0 Å². The first-order valence-electron chi connectivity index (χ1n) is 8.19. The molecule has 2 aliphatic rings. The minimum absolute atomic E-state index is 0.275. The van der Waals surface area contributed by atoms with E-state index in [9.17, 15) is 4.79 Å². The fourth-order valence-electron chi connectivity index (χ4n) is 3.37. The quantitative estimate of drug-likeness (QED) is 0.785. The second-order valence-corrected chi connectivity index (χ2v) is 6.22. The van der Waals surface area contributed by atoms with Crippen molar-refractivity contribution in [1.29, 1.82) is 5.26 Å². The summed E-state index contributed by atoms with van der Waals surface area (Å²) in [7, 11) is 0. The van der Waals surface area contributed by atoms with Crippen molar-refractivity contribution in [2.45, 2.75) is 63.8 Å². The van der Waals surface area contributed by atoms with Crippen LogP contribution >= 0.6 is 0 Å². The summed E-state index contributed by atoms with van der Waals surface area (Å²) in [6.45, 7) is 3.14. The molecule has 0 spiro atoms. The third-order valence-electron chi connectivity index (χ3n) is 4.67. The number of unbranched alkanes of at least 4 members (excludes halogenated alkanes) is 1. The van der Waals surface area contributed by atoms with Crippen molar-refractivity contribution < 1.29 is 4.79 Å². The molecule has 2 rings (SSSR count). The molecule has 112 valence electrons. The Balaban J connectivity index is 1.63. The number of piperidine rings is 1. The van der Waals surface area contributed by atoms with E-state index in [1.807, 2.05) is 0 Å². The van der Waals surface area contributed by atoms with Gasteiger partial charge in [0.25, 0.3) is 0 Å². The highest BCUT2D eigenvalue weighted by Crippen LogP contribution is 2.24. The summed E-state index contributed by atoms with van der Waals surface area (Å²) in [5.74, 6) is 0.574. The molecule has 0 aromatic carbocycles. The summed E-state index contributed by atoms with van der Waals surface area (Å²) in [4.78, 5) is 14.6. The largest absolute Gasteiger partial charge is 0.353 e. The van der Waals surface area contributed by atoms with Gasteiger partial charge in [0.05, 0.1) is 6.07 Å². The number of nitrogens with zero attached hydrogens (tertiary/aromatic N) is 2. The highest BCUT2D eigenvalue weighted by Gasteiger charge is 2.25. The zero-order valence-corrected chi connectivity index (χ0v) is 12.4. The zero-order valence-electron chi connectivity index (χ0n) is 12.4. The third kappa shape index (κ3) is 4.79. The normalized spacial score (nSPS) is 22.4. The maximum Gasteiger partial charge on any atom is 0.223 e. The van der Waals surface area contributed by atoms with E-state index >= 15 is 0 Å². The molecule has 0 radical (unpaired) electrons. The van der Waals surface area contributed by atoms with Crippen LogP contribution in [-0.4, -0.2) is 36.5 Å². The minimum Gasteiger partial charge on any atom is -0.353 e. The van der Waals surface area contributed by atoms with Crippen LogP contribution in [0.1, 0.15) is 57.8 Å². The van der Waals surface area contributed by atoms with Crippen molar-refractivity contribution in [2.24, 2.45) is 5.92 Å². The number of nitriles is 1. The Bertz CT molecular complexity index is 336. The molecule has 0 unspecified atom stereocenters. The van der Waals surface area contributed by atoms with Crippen molar-refractivity contribution in [1.82, 2.24) is 10.2 Å². The van der Waals surface area contributed by atoms with Gasteiger partial charge in [-0.1, -0.05) is 19.3 Å². The lowest BCUT2D eigenvalue weighted by atomic mass is 9.88. The van der Waals surface area contributed by atoms with Crippen LogP contribution in [0.4, 0.5) is 0 Å². The molecule has 1 saturated carbocycles. The van der Waals surface area contributed by atoms with Crippen LogP contribution in [0, 0.1) is 17.2 Å². The molecule has 2 fully saturated rings. The summed E-state index contributed by atoms with van der Waals surface area (Å²) in [6, 6.07) is 2.57. The molecule has 0 aromatic heterocycles. The maximum absolute atomic E-state index is 12.2. The van der Waals surface area contributed by atoms with E-state index in [0.29, 0.717) is 18.4 Å². The molecule has 20 heavy (non-hydrogen) atoms. The number of hydrogen-bond acceptors (Lipinski definition) is 3. The monoisotopic (exact) mass is 277 g/mol. The highest BCUT2D eigenvalue weighted by molar-refractivity contribution is 5.79. The van der Waals surface area contributed by atoms with Crippen molar-refractivity contribution in [2.75, 3.05) is 19.6 Å². The van der Waals surface area contributed by atoms with E-state index in [1.165, 1.54) is 19.3 Å². The van der Waals surface area contributed by atoms with E-state index < -0.39 is 0 Å². The Morgan fingerprint density at radius 3 is 2.50 bits per heavy atom. The average molecular weight is 277 g/mol. The van der Waals surface area contributed by atoms with E-state index in [4.69, 9.17) is 5.26 Å². The Kier molecular flexibility index (Phi) is 6.32.